The summed E-state index contributed by atoms with van der Waals surface area (Å²) in [7, 11) is 0. The van der Waals surface area contributed by atoms with Crippen molar-refractivity contribution in [3.8, 4) is 0 Å². The van der Waals surface area contributed by atoms with Crippen LogP contribution in [0.4, 0.5) is 0 Å². The molecular formula is C12H24N2O. The largest absolute Gasteiger partial charge is 0.374 e. The third-order valence-corrected chi connectivity index (χ3v) is 3.80. The van der Waals surface area contributed by atoms with E-state index in [1.807, 2.05) is 0 Å². The Balaban J connectivity index is 1.85. The molecule has 0 bridgehead atoms. The van der Waals surface area contributed by atoms with E-state index >= 15 is 0 Å². The Morgan fingerprint density at radius 1 is 1.27 bits per heavy atom. The maximum atomic E-state index is 5.91. The number of hydrogen-bond acceptors (Lipinski definition) is 3. The third kappa shape index (κ3) is 2.92. The fourth-order valence-electron chi connectivity index (χ4n) is 2.79. The van der Waals surface area contributed by atoms with Gasteiger partial charge in [0.05, 0.1) is 12.7 Å². The van der Waals surface area contributed by atoms with Gasteiger partial charge in [0.15, 0.2) is 0 Å². The van der Waals surface area contributed by atoms with Crippen LogP contribution in [0.25, 0.3) is 0 Å². The lowest BCUT2D eigenvalue weighted by Gasteiger charge is -2.41. The van der Waals surface area contributed by atoms with Crippen LogP contribution in [0.1, 0.15) is 39.0 Å². The van der Waals surface area contributed by atoms with E-state index in [2.05, 4.69) is 11.8 Å². The number of morpholine rings is 1. The molecule has 3 nitrogen and oxygen atoms in total. The number of nitrogens with two attached hydrogens (primary N) is 1. The first-order chi connectivity index (χ1) is 7.27. The molecule has 0 aromatic rings. The summed E-state index contributed by atoms with van der Waals surface area (Å²) in [4.78, 5) is 2.61. The third-order valence-electron chi connectivity index (χ3n) is 3.80. The molecule has 0 aromatic heterocycles. The predicted octanol–water partition coefficient (Wildman–Crippen LogP) is 1.37. The number of ether oxygens (including phenoxy) is 1. The van der Waals surface area contributed by atoms with Gasteiger partial charge in [0.1, 0.15) is 0 Å². The second-order valence-corrected chi connectivity index (χ2v) is 5.06. The van der Waals surface area contributed by atoms with Gasteiger partial charge in [-0.15, -0.1) is 0 Å². The zero-order chi connectivity index (χ0) is 10.7. The van der Waals surface area contributed by atoms with Gasteiger partial charge in [-0.25, -0.2) is 0 Å². The molecule has 88 valence electrons. The van der Waals surface area contributed by atoms with Crippen molar-refractivity contribution >= 4 is 0 Å². The van der Waals surface area contributed by atoms with Crippen molar-refractivity contribution in [3.05, 3.63) is 0 Å². The SMILES string of the molecule is CC(N)C1CN(C2CCCCC2)CCO1. The molecule has 2 atom stereocenters. The van der Waals surface area contributed by atoms with E-state index in [9.17, 15) is 0 Å². The van der Waals surface area contributed by atoms with Crippen LogP contribution < -0.4 is 5.73 Å². The van der Waals surface area contributed by atoms with Gasteiger partial charge in [0.25, 0.3) is 0 Å². The molecule has 15 heavy (non-hydrogen) atoms. The molecule has 1 aliphatic carbocycles. The molecule has 1 saturated carbocycles. The lowest BCUT2D eigenvalue weighted by molar-refractivity contribution is -0.0559. The molecule has 1 aliphatic heterocycles. The Hall–Kier alpha value is -0.120. The Morgan fingerprint density at radius 2 is 2.00 bits per heavy atom. The molecule has 0 radical (unpaired) electrons. The first-order valence-electron chi connectivity index (χ1n) is 6.38. The van der Waals surface area contributed by atoms with Crippen molar-refractivity contribution in [2.24, 2.45) is 5.73 Å². The highest BCUT2D eigenvalue weighted by atomic mass is 16.5. The van der Waals surface area contributed by atoms with E-state index < -0.39 is 0 Å². The van der Waals surface area contributed by atoms with Crippen molar-refractivity contribution in [2.75, 3.05) is 19.7 Å². The average Bonchev–Trinajstić information content (AvgIpc) is 2.30. The van der Waals surface area contributed by atoms with Crippen molar-refractivity contribution < 1.29 is 4.74 Å². The zero-order valence-corrected chi connectivity index (χ0v) is 9.82. The molecule has 1 saturated heterocycles. The summed E-state index contributed by atoms with van der Waals surface area (Å²) < 4.78 is 5.69. The van der Waals surface area contributed by atoms with Gasteiger partial charge in [0, 0.05) is 25.2 Å². The summed E-state index contributed by atoms with van der Waals surface area (Å²) in [5.41, 5.74) is 5.91. The summed E-state index contributed by atoms with van der Waals surface area (Å²) in [6.07, 6.45) is 7.26. The van der Waals surface area contributed by atoms with E-state index in [0.29, 0.717) is 0 Å². The van der Waals surface area contributed by atoms with E-state index in [0.717, 1.165) is 25.7 Å². The molecule has 2 N–H and O–H groups in total. The molecule has 2 unspecified atom stereocenters. The summed E-state index contributed by atoms with van der Waals surface area (Å²) in [5.74, 6) is 0. The zero-order valence-electron chi connectivity index (χ0n) is 9.82. The van der Waals surface area contributed by atoms with Gasteiger partial charge >= 0.3 is 0 Å². The molecule has 2 fully saturated rings. The lowest BCUT2D eigenvalue weighted by Crippen LogP contribution is -2.53. The van der Waals surface area contributed by atoms with Crippen LogP contribution >= 0.6 is 0 Å². The van der Waals surface area contributed by atoms with Gasteiger partial charge in [-0.3, -0.25) is 4.90 Å². The number of hydrogen-bond donors (Lipinski definition) is 1. The average molecular weight is 212 g/mol. The van der Waals surface area contributed by atoms with Crippen molar-refractivity contribution in [1.29, 1.82) is 0 Å². The highest BCUT2D eigenvalue weighted by Crippen LogP contribution is 2.24. The minimum atomic E-state index is 0.163. The van der Waals surface area contributed by atoms with Gasteiger partial charge in [-0.2, -0.15) is 0 Å². The van der Waals surface area contributed by atoms with Crippen LogP contribution in [0.3, 0.4) is 0 Å². The van der Waals surface area contributed by atoms with Gasteiger partial charge < -0.3 is 10.5 Å². The lowest BCUT2D eigenvalue weighted by atomic mass is 9.93. The number of nitrogens with zero attached hydrogens (tertiary/aromatic N) is 1. The fraction of sp³-hybridized carbons (Fsp3) is 1.00. The molecule has 2 aliphatic rings. The highest BCUT2D eigenvalue weighted by Gasteiger charge is 2.28. The molecule has 0 amide bonds. The highest BCUT2D eigenvalue weighted by molar-refractivity contribution is 4.83. The van der Waals surface area contributed by atoms with E-state index in [1.165, 1.54) is 32.1 Å². The molecule has 0 spiro atoms. The van der Waals surface area contributed by atoms with Crippen LogP contribution in [0.2, 0.25) is 0 Å². The first-order valence-corrected chi connectivity index (χ1v) is 6.38. The van der Waals surface area contributed by atoms with Crippen molar-refractivity contribution in [3.63, 3.8) is 0 Å². The molecule has 1 heterocycles. The molecule has 3 heteroatoms. The summed E-state index contributed by atoms with van der Waals surface area (Å²) in [6.45, 7) is 5.06. The quantitative estimate of drug-likeness (QED) is 0.751. The first kappa shape index (κ1) is 11.4. The van der Waals surface area contributed by atoms with Crippen LogP contribution in [-0.2, 0) is 4.74 Å². The topological polar surface area (TPSA) is 38.5 Å². The van der Waals surface area contributed by atoms with E-state index in [-0.39, 0.29) is 12.1 Å². The molecule has 0 aromatic carbocycles. The summed E-state index contributed by atoms with van der Waals surface area (Å²) in [5, 5.41) is 0. The number of rotatable bonds is 2. The Kier molecular flexibility index (Phi) is 4.00. The Bertz CT molecular complexity index is 190. The standard InChI is InChI=1S/C12H24N2O/c1-10(13)12-9-14(7-8-15-12)11-5-3-2-4-6-11/h10-12H,2-9,13H2,1H3. The maximum Gasteiger partial charge on any atom is 0.0850 e. The van der Waals surface area contributed by atoms with Crippen molar-refractivity contribution in [1.82, 2.24) is 4.90 Å². The Labute approximate surface area is 93.0 Å². The molecular weight excluding hydrogens is 188 g/mol. The smallest absolute Gasteiger partial charge is 0.0850 e. The second-order valence-electron chi connectivity index (χ2n) is 5.06. The van der Waals surface area contributed by atoms with E-state index in [1.54, 1.807) is 0 Å². The van der Waals surface area contributed by atoms with Gasteiger partial charge in [0.2, 0.25) is 0 Å². The van der Waals surface area contributed by atoms with E-state index in [4.69, 9.17) is 10.5 Å². The monoisotopic (exact) mass is 212 g/mol. The Morgan fingerprint density at radius 3 is 2.67 bits per heavy atom. The van der Waals surface area contributed by atoms with Gasteiger partial charge in [-0.05, 0) is 19.8 Å². The summed E-state index contributed by atoms with van der Waals surface area (Å²) >= 11 is 0. The summed E-state index contributed by atoms with van der Waals surface area (Å²) in [6, 6.07) is 0.972. The minimum absolute atomic E-state index is 0.163. The van der Waals surface area contributed by atoms with Crippen molar-refractivity contribution in [2.45, 2.75) is 57.2 Å². The minimum Gasteiger partial charge on any atom is -0.374 e. The second kappa shape index (κ2) is 5.28. The predicted molar refractivity (Wildman–Crippen MR) is 61.8 cm³/mol. The van der Waals surface area contributed by atoms with Crippen LogP contribution in [0.15, 0.2) is 0 Å². The maximum absolute atomic E-state index is 5.91. The van der Waals surface area contributed by atoms with Gasteiger partial charge in [-0.1, -0.05) is 19.3 Å². The van der Waals surface area contributed by atoms with Crippen LogP contribution in [0, 0.1) is 0 Å². The van der Waals surface area contributed by atoms with Crippen LogP contribution in [0.5, 0.6) is 0 Å². The fourth-order valence-corrected chi connectivity index (χ4v) is 2.79. The normalized spacial score (nSPS) is 32.8. The molecule has 2 rings (SSSR count). The van der Waals surface area contributed by atoms with Crippen LogP contribution in [-0.4, -0.2) is 42.8 Å².